The fraction of sp³-hybridized carbons (Fsp3) is 0.333. The van der Waals surface area contributed by atoms with E-state index in [-0.39, 0.29) is 5.60 Å². The van der Waals surface area contributed by atoms with Crippen LogP contribution in [-0.4, -0.2) is 39.4 Å². The third-order valence-electron chi connectivity index (χ3n) is 7.00. The molecule has 5 nitrogen and oxygen atoms in total. The molecule has 0 amide bonds. The summed E-state index contributed by atoms with van der Waals surface area (Å²) in [7, 11) is 1.98. The van der Waals surface area contributed by atoms with Crippen molar-refractivity contribution in [2.75, 3.05) is 19.7 Å². The summed E-state index contributed by atoms with van der Waals surface area (Å²) in [5.41, 5.74) is 4.95. The van der Waals surface area contributed by atoms with Crippen LogP contribution in [0.1, 0.15) is 29.1 Å². The van der Waals surface area contributed by atoms with E-state index in [1.54, 1.807) is 0 Å². The molecule has 0 saturated carbocycles. The highest BCUT2D eigenvalue weighted by Gasteiger charge is 2.41. The number of aromatic nitrogens is 3. The van der Waals surface area contributed by atoms with Crippen LogP contribution in [-0.2, 0) is 30.4 Å². The minimum absolute atomic E-state index is 0.0680. The Morgan fingerprint density at radius 2 is 1.67 bits per heavy atom. The lowest BCUT2D eigenvalue weighted by atomic mass is 9.85. The molecule has 2 aliphatic rings. The Balaban J connectivity index is 1.14. The number of piperidine rings is 1. The van der Waals surface area contributed by atoms with Crippen LogP contribution in [0.4, 0.5) is 0 Å². The summed E-state index contributed by atoms with van der Waals surface area (Å²) < 4.78 is 8.26. The maximum absolute atomic E-state index is 6.36. The van der Waals surface area contributed by atoms with Gasteiger partial charge in [-0.3, -0.25) is 4.90 Å². The van der Waals surface area contributed by atoms with Crippen molar-refractivity contribution in [2.45, 2.75) is 31.4 Å². The Labute approximate surface area is 198 Å². The number of hydrogen-bond donors (Lipinski definition) is 0. The number of thiophene rings is 1. The second-order valence-electron chi connectivity index (χ2n) is 9.06. The van der Waals surface area contributed by atoms with Crippen LogP contribution in [0.2, 0.25) is 0 Å². The number of nitrogens with zero attached hydrogens (tertiary/aromatic N) is 4. The largest absolute Gasteiger partial charge is 0.369 e. The number of benzene rings is 2. The Hall–Kier alpha value is -2.80. The maximum Gasteiger partial charge on any atom is 0.165 e. The average molecular weight is 457 g/mol. The first-order valence-electron chi connectivity index (χ1n) is 11.7. The van der Waals surface area contributed by atoms with Crippen molar-refractivity contribution in [3.8, 4) is 22.5 Å². The van der Waals surface area contributed by atoms with Gasteiger partial charge in [-0.1, -0.05) is 54.6 Å². The molecule has 168 valence electrons. The molecule has 4 heterocycles. The number of aryl methyl sites for hydroxylation is 1. The number of fused-ring (bicyclic) bond motifs is 2. The second kappa shape index (κ2) is 8.52. The standard InChI is InChI=1S/C27H28N4OS/c1-30-26(23-9-7-21(8-10-23)20-5-3-2-4-6-20)28-24(29-30)19-31-15-13-27(14-16-31)25-22(11-17-32-27)12-18-33-25/h2-10,12,18H,11,13-17,19H2,1H3. The third-order valence-corrected chi connectivity index (χ3v) is 8.14. The van der Waals surface area contributed by atoms with Crippen molar-refractivity contribution < 1.29 is 4.74 Å². The minimum Gasteiger partial charge on any atom is -0.369 e. The fourth-order valence-corrected chi connectivity index (χ4v) is 6.36. The molecule has 33 heavy (non-hydrogen) atoms. The molecule has 1 fully saturated rings. The van der Waals surface area contributed by atoms with E-state index in [1.807, 2.05) is 29.1 Å². The lowest BCUT2D eigenvalue weighted by molar-refractivity contribution is -0.0963. The van der Waals surface area contributed by atoms with Crippen molar-refractivity contribution in [1.82, 2.24) is 19.7 Å². The van der Waals surface area contributed by atoms with Crippen LogP contribution >= 0.6 is 11.3 Å². The zero-order valence-electron chi connectivity index (χ0n) is 18.9. The van der Waals surface area contributed by atoms with E-state index in [0.29, 0.717) is 0 Å². The van der Waals surface area contributed by atoms with Gasteiger partial charge in [0.15, 0.2) is 11.6 Å². The molecule has 0 aliphatic carbocycles. The van der Waals surface area contributed by atoms with Gasteiger partial charge in [0.25, 0.3) is 0 Å². The predicted molar refractivity (Wildman–Crippen MR) is 132 cm³/mol. The van der Waals surface area contributed by atoms with Gasteiger partial charge in [0, 0.05) is 30.6 Å². The molecule has 6 heteroatoms. The first-order valence-corrected chi connectivity index (χ1v) is 12.6. The van der Waals surface area contributed by atoms with Gasteiger partial charge in [0.2, 0.25) is 0 Å². The number of ether oxygens (including phenoxy) is 1. The van der Waals surface area contributed by atoms with Crippen LogP contribution in [0, 0.1) is 0 Å². The highest BCUT2D eigenvalue weighted by atomic mass is 32.1. The van der Waals surface area contributed by atoms with Crippen LogP contribution in [0.15, 0.2) is 66.0 Å². The molecule has 1 spiro atoms. The molecule has 1 saturated heterocycles. The fourth-order valence-electron chi connectivity index (χ4n) is 5.20. The van der Waals surface area contributed by atoms with Crippen molar-refractivity contribution in [3.05, 3.63) is 82.3 Å². The summed E-state index contributed by atoms with van der Waals surface area (Å²) in [6, 6.07) is 21.3. The zero-order chi connectivity index (χ0) is 22.3. The Bertz CT molecular complexity index is 1240. The first kappa shape index (κ1) is 20.8. The normalized spacial score (nSPS) is 17.8. The average Bonchev–Trinajstić information content (AvgIpc) is 3.49. The van der Waals surface area contributed by atoms with E-state index in [2.05, 4.69) is 64.9 Å². The van der Waals surface area contributed by atoms with E-state index in [0.717, 1.165) is 62.7 Å². The third kappa shape index (κ3) is 3.92. The topological polar surface area (TPSA) is 43.2 Å². The summed E-state index contributed by atoms with van der Waals surface area (Å²) in [5, 5.41) is 6.95. The van der Waals surface area contributed by atoms with Crippen LogP contribution < -0.4 is 0 Å². The van der Waals surface area contributed by atoms with Gasteiger partial charge in [0.05, 0.1) is 13.2 Å². The highest BCUT2D eigenvalue weighted by Crippen LogP contribution is 2.44. The van der Waals surface area contributed by atoms with Crippen LogP contribution in [0.5, 0.6) is 0 Å². The van der Waals surface area contributed by atoms with E-state index in [9.17, 15) is 0 Å². The second-order valence-corrected chi connectivity index (χ2v) is 9.98. The first-order chi connectivity index (χ1) is 16.2. The molecule has 2 aromatic heterocycles. The van der Waals surface area contributed by atoms with Gasteiger partial charge in [0.1, 0.15) is 5.60 Å². The van der Waals surface area contributed by atoms with Gasteiger partial charge < -0.3 is 4.74 Å². The molecule has 4 aromatic rings. The van der Waals surface area contributed by atoms with Gasteiger partial charge in [-0.2, -0.15) is 5.10 Å². The molecular weight excluding hydrogens is 428 g/mol. The molecule has 6 rings (SSSR count). The predicted octanol–water partition coefficient (Wildman–Crippen LogP) is 5.27. The van der Waals surface area contributed by atoms with Crippen molar-refractivity contribution in [3.63, 3.8) is 0 Å². The van der Waals surface area contributed by atoms with Gasteiger partial charge in [-0.15, -0.1) is 11.3 Å². The SMILES string of the molecule is Cn1nc(CN2CCC3(CC2)OCCc2ccsc23)nc1-c1ccc(-c2ccccc2)cc1. The summed E-state index contributed by atoms with van der Waals surface area (Å²) >= 11 is 1.87. The van der Waals surface area contributed by atoms with Gasteiger partial charge in [-0.25, -0.2) is 9.67 Å². The van der Waals surface area contributed by atoms with Gasteiger partial charge in [-0.05, 0) is 47.4 Å². The van der Waals surface area contributed by atoms with Crippen molar-refractivity contribution >= 4 is 11.3 Å². The van der Waals surface area contributed by atoms with Crippen molar-refractivity contribution in [2.24, 2.45) is 7.05 Å². The van der Waals surface area contributed by atoms with Gasteiger partial charge >= 0.3 is 0 Å². The molecule has 0 radical (unpaired) electrons. The minimum atomic E-state index is -0.0680. The zero-order valence-corrected chi connectivity index (χ0v) is 19.7. The summed E-state index contributed by atoms with van der Waals surface area (Å²) in [4.78, 5) is 8.82. The summed E-state index contributed by atoms with van der Waals surface area (Å²) in [6.07, 6.45) is 3.14. The molecule has 2 aromatic carbocycles. The van der Waals surface area contributed by atoms with E-state index < -0.39 is 0 Å². The molecule has 2 aliphatic heterocycles. The lowest BCUT2D eigenvalue weighted by Gasteiger charge is -2.43. The molecule has 0 N–H and O–H groups in total. The number of rotatable bonds is 4. The number of hydrogen-bond acceptors (Lipinski definition) is 5. The van der Waals surface area contributed by atoms with Crippen LogP contribution in [0.3, 0.4) is 0 Å². The van der Waals surface area contributed by atoms with E-state index in [1.165, 1.54) is 21.6 Å². The summed E-state index contributed by atoms with van der Waals surface area (Å²) in [5.74, 6) is 1.80. The maximum atomic E-state index is 6.36. The van der Waals surface area contributed by atoms with E-state index in [4.69, 9.17) is 14.8 Å². The van der Waals surface area contributed by atoms with Crippen molar-refractivity contribution in [1.29, 1.82) is 0 Å². The Kier molecular flexibility index (Phi) is 5.37. The number of likely N-dealkylation sites (tertiary alicyclic amines) is 1. The highest BCUT2D eigenvalue weighted by molar-refractivity contribution is 7.10. The Morgan fingerprint density at radius 3 is 2.45 bits per heavy atom. The monoisotopic (exact) mass is 456 g/mol. The molecule has 0 bridgehead atoms. The Morgan fingerprint density at radius 1 is 0.939 bits per heavy atom. The quantitative estimate of drug-likeness (QED) is 0.419. The smallest absolute Gasteiger partial charge is 0.165 e. The van der Waals surface area contributed by atoms with E-state index >= 15 is 0 Å². The summed E-state index contributed by atoms with van der Waals surface area (Å²) in [6.45, 7) is 3.65. The van der Waals surface area contributed by atoms with Crippen LogP contribution in [0.25, 0.3) is 22.5 Å². The molecular formula is C27H28N4OS. The molecule has 0 atom stereocenters. The molecule has 0 unspecified atom stereocenters. The lowest BCUT2D eigenvalue weighted by Crippen LogP contribution is -2.45.